The van der Waals surface area contributed by atoms with Crippen LogP contribution in [0.5, 0.6) is 11.8 Å². The highest BCUT2D eigenvalue weighted by molar-refractivity contribution is 6.03. The van der Waals surface area contributed by atoms with Crippen LogP contribution in [0.2, 0.25) is 0 Å². The van der Waals surface area contributed by atoms with Crippen LogP contribution in [0.3, 0.4) is 0 Å². The van der Waals surface area contributed by atoms with Crippen LogP contribution in [0.25, 0.3) is 21.8 Å². The average molecular weight is 735 g/mol. The van der Waals surface area contributed by atoms with E-state index < -0.39 is 0 Å². The quantitative estimate of drug-likeness (QED) is 0.110. The van der Waals surface area contributed by atoms with Gasteiger partial charge in [-0.1, -0.05) is 24.3 Å². The Morgan fingerprint density at radius 1 is 0.574 bits per heavy atom. The first-order valence-electron chi connectivity index (χ1n) is 18.2. The molecule has 0 aliphatic carbocycles. The molecule has 4 heterocycles. The highest BCUT2D eigenvalue weighted by Crippen LogP contribution is 2.28. The van der Waals surface area contributed by atoms with Crippen LogP contribution < -0.4 is 0 Å². The third-order valence-corrected chi connectivity index (χ3v) is 9.76. The Labute approximate surface area is 312 Å². The van der Waals surface area contributed by atoms with Crippen LogP contribution in [0, 0.1) is 11.6 Å². The molecule has 2 aliphatic heterocycles. The maximum Gasteiger partial charge on any atom is 0.198 e. The number of nitrogens with one attached hydrogen (secondary N) is 2. The van der Waals surface area contributed by atoms with Crippen molar-refractivity contribution >= 4 is 45.6 Å². The van der Waals surface area contributed by atoms with Gasteiger partial charge in [-0.15, -0.1) is 0 Å². The number of halogens is 2. The van der Waals surface area contributed by atoms with Gasteiger partial charge in [0.25, 0.3) is 0 Å². The second-order valence-electron chi connectivity index (χ2n) is 13.4. The predicted octanol–water partition coefficient (Wildman–Crippen LogP) is 7.28. The Hall–Kier alpha value is -5.40. The molecule has 280 valence electrons. The molecule has 4 N–H and O–H groups in total. The van der Waals surface area contributed by atoms with Gasteiger partial charge in [-0.3, -0.25) is 19.8 Å². The predicted molar refractivity (Wildman–Crippen MR) is 209 cm³/mol. The lowest BCUT2D eigenvalue weighted by Gasteiger charge is -2.26. The molecule has 10 nitrogen and oxygen atoms in total. The van der Waals surface area contributed by atoms with Crippen LogP contribution in [0.15, 0.2) is 94.9 Å². The molecular weight excluding hydrogens is 690 g/mol. The summed E-state index contributed by atoms with van der Waals surface area (Å²) in [5, 5.41) is 21.5. The largest absolute Gasteiger partial charge is 0.494 e. The first kappa shape index (κ1) is 36.9. The van der Waals surface area contributed by atoms with Gasteiger partial charge in [0.2, 0.25) is 0 Å². The first-order valence-corrected chi connectivity index (χ1v) is 18.2. The monoisotopic (exact) mass is 734 g/mol. The fraction of sp³-hybridized carbons (Fsp3) is 0.286. The molecule has 0 bridgehead atoms. The van der Waals surface area contributed by atoms with E-state index in [0.29, 0.717) is 27.5 Å². The number of aromatic nitrogens is 2. The molecular formula is C42H44F2N6O4. The van der Waals surface area contributed by atoms with E-state index in [2.05, 4.69) is 54.0 Å². The number of rotatable bonds is 10. The van der Waals surface area contributed by atoms with Crippen LogP contribution in [-0.2, 0) is 22.3 Å². The van der Waals surface area contributed by atoms with E-state index in [0.717, 1.165) is 95.3 Å². The van der Waals surface area contributed by atoms with Crippen molar-refractivity contribution in [3.8, 4) is 11.8 Å². The minimum Gasteiger partial charge on any atom is -0.494 e. The van der Waals surface area contributed by atoms with E-state index in [1.54, 1.807) is 24.6 Å². The number of hydrogen-bond donors (Lipinski definition) is 4. The lowest BCUT2D eigenvalue weighted by molar-refractivity contribution is 0.0384. The fourth-order valence-corrected chi connectivity index (χ4v) is 6.61. The number of hydrogen-bond acceptors (Lipinski definition) is 8. The molecule has 2 aliphatic rings. The minimum atomic E-state index is -0.347. The van der Waals surface area contributed by atoms with Gasteiger partial charge in [0.1, 0.15) is 11.6 Å². The van der Waals surface area contributed by atoms with Crippen LogP contribution in [-0.4, -0.2) is 108 Å². The zero-order chi connectivity index (χ0) is 37.3. The van der Waals surface area contributed by atoms with Gasteiger partial charge in [-0.05, 0) is 84.6 Å². The van der Waals surface area contributed by atoms with Crippen molar-refractivity contribution in [3.63, 3.8) is 0 Å². The standard InChI is InChI=1S/2C21H22FN3O2/c22-16-3-6-20-18(13-16)19(21(26)24-20)14-23-17-4-1-15(2-5-17)7-8-25-9-11-27-12-10-25;22-16-3-6-18-19(21(26)24-20(18)13-16)14-23-17-4-1-15(2-5-17)7-8-25-9-11-27-12-10-25/h2*1-6,13-14,24,26H,7-12H2. The van der Waals surface area contributed by atoms with E-state index in [9.17, 15) is 19.0 Å². The van der Waals surface area contributed by atoms with Gasteiger partial charge in [-0.25, -0.2) is 8.78 Å². The number of benzene rings is 4. The Morgan fingerprint density at radius 3 is 1.57 bits per heavy atom. The van der Waals surface area contributed by atoms with Crippen molar-refractivity contribution in [3.05, 3.63) is 119 Å². The summed E-state index contributed by atoms with van der Waals surface area (Å²) in [4.78, 5) is 19.3. The van der Waals surface area contributed by atoms with E-state index in [1.807, 2.05) is 24.3 Å². The summed E-state index contributed by atoms with van der Waals surface area (Å²) in [6, 6.07) is 24.9. The van der Waals surface area contributed by atoms with Gasteiger partial charge in [0.15, 0.2) is 11.8 Å². The summed E-state index contributed by atoms with van der Waals surface area (Å²) in [7, 11) is 0. The third-order valence-electron chi connectivity index (χ3n) is 9.76. The summed E-state index contributed by atoms with van der Waals surface area (Å²) in [5.74, 6) is -0.719. The Balaban J connectivity index is 0.000000167. The zero-order valence-corrected chi connectivity index (χ0v) is 30.0. The van der Waals surface area contributed by atoms with E-state index in [4.69, 9.17) is 9.47 Å². The smallest absolute Gasteiger partial charge is 0.198 e. The van der Waals surface area contributed by atoms with Crippen molar-refractivity contribution in [2.45, 2.75) is 12.8 Å². The summed E-state index contributed by atoms with van der Waals surface area (Å²) in [5.41, 5.74) is 6.39. The molecule has 54 heavy (non-hydrogen) atoms. The van der Waals surface area contributed by atoms with Crippen molar-refractivity contribution in [2.75, 3.05) is 65.7 Å². The number of ether oxygens (including phenoxy) is 2. The lowest BCUT2D eigenvalue weighted by atomic mass is 10.1. The van der Waals surface area contributed by atoms with E-state index >= 15 is 0 Å². The molecule has 2 fully saturated rings. The molecule has 8 rings (SSSR count). The van der Waals surface area contributed by atoms with Crippen molar-refractivity contribution in [1.82, 2.24) is 19.8 Å². The second-order valence-corrected chi connectivity index (χ2v) is 13.4. The van der Waals surface area contributed by atoms with Crippen molar-refractivity contribution in [1.29, 1.82) is 0 Å². The molecule has 4 aromatic carbocycles. The number of H-pyrrole nitrogens is 2. The van der Waals surface area contributed by atoms with Gasteiger partial charge < -0.3 is 29.7 Å². The highest BCUT2D eigenvalue weighted by atomic mass is 19.1. The maximum absolute atomic E-state index is 13.5. The second kappa shape index (κ2) is 17.6. The molecule has 0 unspecified atom stereocenters. The average Bonchev–Trinajstić information content (AvgIpc) is 3.69. The minimum absolute atomic E-state index is 0.0125. The van der Waals surface area contributed by atoms with Crippen LogP contribution in [0.1, 0.15) is 22.3 Å². The Morgan fingerprint density at radius 2 is 1.04 bits per heavy atom. The third kappa shape index (κ3) is 9.57. The SMILES string of the molecule is Oc1[nH]c2cc(F)ccc2c1C=Nc1ccc(CCN2CCOCC2)cc1.Oc1[nH]c2ccc(F)cc2c1C=Nc1ccc(CCN2CCOCC2)cc1. The Kier molecular flexibility index (Phi) is 12.1. The molecule has 0 spiro atoms. The Bertz CT molecular complexity index is 2200. The van der Waals surface area contributed by atoms with E-state index in [-0.39, 0.29) is 23.4 Å². The first-order chi connectivity index (χ1) is 26.4. The summed E-state index contributed by atoms with van der Waals surface area (Å²) >= 11 is 0. The van der Waals surface area contributed by atoms with E-state index in [1.165, 1.54) is 35.4 Å². The van der Waals surface area contributed by atoms with Crippen LogP contribution >= 0.6 is 0 Å². The number of aromatic amines is 2. The number of nitrogens with zero attached hydrogens (tertiary/aromatic N) is 4. The van der Waals surface area contributed by atoms with Gasteiger partial charge in [0.05, 0.1) is 54.4 Å². The summed E-state index contributed by atoms with van der Waals surface area (Å²) < 4.78 is 37.5. The molecule has 0 amide bonds. The molecule has 12 heteroatoms. The number of fused-ring (bicyclic) bond motifs is 2. The highest BCUT2D eigenvalue weighted by Gasteiger charge is 2.13. The zero-order valence-electron chi connectivity index (χ0n) is 30.0. The van der Waals surface area contributed by atoms with Gasteiger partial charge in [0, 0.05) is 68.0 Å². The van der Waals surface area contributed by atoms with Gasteiger partial charge in [-0.2, -0.15) is 0 Å². The van der Waals surface area contributed by atoms with Crippen LogP contribution in [0.4, 0.5) is 20.2 Å². The molecule has 0 saturated carbocycles. The topological polar surface area (TPSA) is 122 Å². The lowest BCUT2D eigenvalue weighted by Crippen LogP contribution is -2.37. The fourth-order valence-electron chi connectivity index (χ4n) is 6.61. The van der Waals surface area contributed by atoms with Crippen molar-refractivity contribution in [2.24, 2.45) is 9.98 Å². The molecule has 2 saturated heterocycles. The normalized spacial score (nSPS) is 15.7. The summed E-state index contributed by atoms with van der Waals surface area (Å²) in [6.07, 6.45) is 5.16. The number of aliphatic imine (C=N–C) groups is 2. The molecule has 6 aromatic rings. The number of morpholine rings is 2. The number of aromatic hydroxyl groups is 2. The molecule has 0 radical (unpaired) electrons. The summed E-state index contributed by atoms with van der Waals surface area (Å²) in [6.45, 7) is 9.33. The molecule has 2 aromatic heterocycles. The van der Waals surface area contributed by atoms with Gasteiger partial charge >= 0.3 is 0 Å². The molecule has 0 atom stereocenters. The van der Waals surface area contributed by atoms with Crippen molar-refractivity contribution < 1.29 is 28.5 Å². The maximum atomic E-state index is 13.5.